The van der Waals surface area contributed by atoms with Gasteiger partial charge in [-0.25, -0.2) is 0 Å². The molecule has 0 fully saturated rings. The maximum atomic E-state index is 11.9. The molecule has 0 bridgehead atoms. The normalized spacial score (nSPS) is 9.85. The third kappa shape index (κ3) is 5.71. The number of carbonyl (C=O) groups is 3. The molecule has 26 heavy (non-hydrogen) atoms. The lowest BCUT2D eigenvalue weighted by Gasteiger charge is -2.07. The molecule has 0 atom stereocenters. The van der Waals surface area contributed by atoms with Crippen LogP contribution >= 0.6 is 0 Å². The number of anilines is 1. The van der Waals surface area contributed by atoms with E-state index in [9.17, 15) is 24.5 Å². The van der Waals surface area contributed by atoms with Crippen LogP contribution in [0.1, 0.15) is 10.4 Å². The molecule has 9 heteroatoms. The maximum Gasteiger partial charge on any atom is 0.325 e. The van der Waals surface area contributed by atoms with E-state index in [-0.39, 0.29) is 11.3 Å². The molecule has 0 heterocycles. The number of amides is 2. The number of carbonyl (C=O) groups excluding carboxylic acids is 3. The lowest BCUT2D eigenvalue weighted by atomic mass is 10.2. The number of benzene rings is 2. The summed E-state index contributed by atoms with van der Waals surface area (Å²) in [4.78, 5) is 45.2. The van der Waals surface area contributed by atoms with E-state index < -0.39 is 35.9 Å². The van der Waals surface area contributed by atoms with E-state index >= 15 is 0 Å². The monoisotopic (exact) mass is 357 g/mol. The third-order valence-electron chi connectivity index (χ3n) is 3.13. The first-order valence-corrected chi connectivity index (χ1v) is 7.49. The van der Waals surface area contributed by atoms with Crippen molar-refractivity contribution in [2.45, 2.75) is 0 Å². The van der Waals surface area contributed by atoms with Crippen LogP contribution in [-0.4, -0.2) is 35.9 Å². The van der Waals surface area contributed by atoms with Crippen molar-refractivity contribution >= 4 is 29.2 Å². The van der Waals surface area contributed by atoms with Crippen LogP contribution in [0.15, 0.2) is 54.6 Å². The Morgan fingerprint density at radius 3 is 2.46 bits per heavy atom. The summed E-state index contributed by atoms with van der Waals surface area (Å²) in [5.74, 6) is -2.00. The highest BCUT2D eigenvalue weighted by Gasteiger charge is 2.13. The quantitative estimate of drug-likeness (QED) is 0.439. The highest BCUT2D eigenvalue weighted by Crippen LogP contribution is 2.12. The fourth-order valence-electron chi connectivity index (χ4n) is 1.93. The van der Waals surface area contributed by atoms with Crippen molar-refractivity contribution in [3.05, 3.63) is 70.3 Å². The van der Waals surface area contributed by atoms with Gasteiger partial charge in [-0.1, -0.05) is 24.3 Å². The molecule has 0 spiro atoms. The number of esters is 1. The predicted molar refractivity (Wildman–Crippen MR) is 91.5 cm³/mol. The molecule has 134 valence electrons. The second-order valence-electron chi connectivity index (χ2n) is 5.07. The van der Waals surface area contributed by atoms with E-state index in [2.05, 4.69) is 10.6 Å². The zero-order valence-corrected chi connectivity index (χ0v) is 13.5. The van der Waals surface area contributed by atoms with Crippen LogP contribution in [0.25, 0.3) is 0 Å². The van der Waals surface area contributed by atoms with Gasteiger partial charge in [0.15, 0.2) is 6.61 Å². The van der Waals surface area contributed by atoms with Crippen molar-refractivity contribution in [3.63, 3.8) is 0 Å². The average Bonchev–Trinajstić information content (AvgIpc) is 2.65. The van der Waals surface area contributed by atoms with Crippen LogP contribution in [-0.2, 0) is 14.3 Å². The van der Waals surface area contributed by atoms with Crippen LogP contribution in [0.2, 0.25) is 0 Å². The topological polar surface area (TPSA) is 128 Å². The summed E-state index contributed by atoms with van der Waals surface area (Å²) in [5, 5.41) is 15.5. The lowest BCUT2D eigenvalue weighted by molar-refractivity contribution is -0.384. The predicted octanol–water partition coefficient (Wildman–Crippen LogP) is 1.51. The molecular weight excluding hydrogens is 342 g/mol. The molecule has 2 aromatic carbocycles. The van der Waals surface area contributed by atoms with Gasteiger partial charge in [-0.2, -0.15) is 0 Å². The van der Waals surface area contributed by atoms with Gasteiger partial charge in [-0.15, -0.1) is 0 Å². The third-order valence-corrected chi connectivity index (χ3v) is 3.13. The second-order valence-corrected chi connectivity index (χ2v) is 5.07. The molecule has 2 amide bonds. The summed E-state index contributed by atoms with van der Waals surface area (Å²) in [6.45, 7) is -0.972. The van der Waals surface area contributed by atoms with Gasteiger partial charge in [0.1, 0.15) is 6.54 Å². The fraction of sp³-hybridized carbons (Fsp3) is 0.118. The Morgan fingerprint density at radius 2 is 1.77 bits per heavy atom. The van der Waals surface area contributed by atoms with Crippen LogP contribution < -0.4 is 10.6 Å². The van der Waals surface area contributed by atoms with Crippen molar-refractivity contribution < 1.29 is 24.0 Å². The van der Waals surface area contributed by atoms with Gasteiger partial charge >= 0.3 is 5.97 Å². The Kier molecular flexibility index (Phi) is 6.38. The minimum Gasteiger partial charge on any atom is -0.454 e. The minimum atomic E-state index is -0.813. The van der Waals surface area contributed by atoms with E-state index in [1.165, 1.54) is 18.2 Å². The van der Waals surface area contributed by atoms with Gasteiger partial charge in [-0.3, -0.25) is 24.5 Å². The molecular formula is C17H15N3O6. The van der Waals surface area contributed by atoms with Gasteiger partial charge in [0.2, 0.25) is 0 Å². The van der Waals surface area contributed by atoms with Gasteiger partial charge in [0.05, 0.1) is 4.92 Å². The molecule has 0 aliphatic carbocycles. The molecule has 0 aliphatic heterocycles. The van der Waals surface area contributed by atoms with Crippen molar-refractivity contribution in [2.24, 2.45) is 0 Å². The number of nitrogens with one attached hydrogen (secondary N) is 2. The fourth-order valence-corrected chi connectivity index (χ4v) is 1.93. The summed E-state index contributed by atoms with van der Waals surface area (Å²) in [6.07, 6.45) is 0. The minimum absolute atomic E-state index is 0.0359. The highest BCUT2D eigenvalue weighted by atomic mass is 16.6. The molecule has 0 aromatic heterocycles. The highest BCUT2D eigenvalue weighted by molar-refractivity contribution is 5.97. The molecule has 2 aromatic rings. The molecule has 0 saturated heterocycles. The van der Waals surface area contributed by atoms with Gasteiger partial charge in [0, 0.05) is 23.4 Å². The number of hydrogen-bond donors (Lipinski definition) is 2. The number of nitro groups is 1. The number of non-ortho nitro benzene ring substituents is 1. The van der Waals surface area contributed by atoms with E-state index in [1.54, 1.807) is 30.3 Å². The standard InChI is InChI=1S/C17H15N3O6/c21-15(19-13-6-2-1-3-7-13)11-26-16(22)10-18-17(23)12-5-4-8-14(9-12)20(24)25/h1-9H,10-11H2,(H,18,23)(H,19,21). The summed E-state index contributed by atoms with van der Waals surface area (Å²) >= 11 is 0. The number of para-hydroxylation sites is 1. The van der Waals surface area contributed by atoms with Crippen LogP contribution in [0, 0.1) is 10.1 Å². The average molecular weight is 357 g/mol. The van der Waals surface area contributed by atoms with E-state index in [0.29, 0.717) is 5.69 Å². The molecule has 2 rings (SSSR count). The van der Waals surface area contributed by atoms with Crippen LogP contribution in [0.3, 0.4) is 0 Å². The molecule has 0 radical (unpaired) electrons. The summed E-state index contributed by atoms with van der Waals surface area (Å²) < 4.78 is 4.75. The molecule has 0 aliphatic rings. The van der Waals surface area contributed by atoms with Crippen molar-refractivity contribution in [2.75, 3.05) is 18.5 Å². The largest absolute Gasteiger partial charge is 0.454 e. The second kappa shape index (κ2) is 8.92. The van der Waals surface area contributed by atoms with Crippen LogP contribution in [0.4, 0.5) is 11.4 Å². The van der Waals surface area contributed by atoms with Gasteiger partial charge in [0.25, 0.3) is 17.5 Å². The Bertz CT molecular complexity index is 822. The Balaban J connectivity index is 1.76. The smallest absolute Gasteiger partial charge is 0.325 e. The van der Waals surface area contributed by atoms with Crippen molar-refractivity contribution in [1.29, 1.82) is 0 Å². The molecule has 0 saturated carbocycles. The van der Waals surface area contributed by atoms with Crippen molar-refractivity contribution in [1.82, 2.24) is 5.32 Å². The van der Waals surface area contributed by atoms with Gasteiger partial charge in [-0.05, 0) is 18.2 Å². The van der Waals surface area contributed by atoms with E-state index in [4.69, 9.17) is 4.74 Å². The number of hydrogen-bond acceptors (Lipinski definition) is 6. The number of rotatable bonds is 7. The van der Waals surface area contributed by atoms with E-state index in [0.717, 1.165) is 6.07 Å². The summed E-state index contributed by atoms with van der Waals surface area (Å²) in [6, 6.07) is 13.7. The number of nitrogens with zero attached hydrogens (tertiary/aromatic N) is 1. The number of ether oxygens (including phenoxy) is 1. The Hall–Kier alpha value is -3.75. The summed E-state index contributed by atoms with van der Waals surface area (Å²) in [5.41, 5.74) is 0.360. The Labute approximate surface area is 148 Å². The van der Waals surface area contributed by atoms with E-state index in [1.807, 2.05) is 0 Å². The lowest BCUT2D eigenvalue weighted by Crippen LogP contribution is -2.32. The first kappa shape index (κ1) is 18.6. The number of nitro benzene ring substituents is 1. The molecule has 2 N–H and O–H groups in total. The summed E-state index contributed by atoms with van der Waals surface area (Å²) in [7, 11) is 0. The SMILES string of the molecule is O=C(COC(=O)CNC(=O)c1cccc([N+](=O)[O-])c1)Nc1ccccc1. The first-order chi connectivity index (χ1) is 12.5. The molecule has 9 nitrogen and oxygen atoms in total. The zero-order chi connectivity index (χ0) is 18.9. The van der Waals surface area contributed by atoms with Crippen molar-refractivity contribution in [3.8, 4) is 0 Å². The van der Waals surface area contributed by atoms with Crippen LogP contribution in [0.5, 0.6) is 0 Å². The molecule has 0 unspecified atom stereocenters. The first-order valence-electron chi connectivity index (χ1n) is 7.49. The Morgan fingerprint density at radius 1 is 1.04 bits per heavy atom. The zero-order valence-electron chi connectivity index (χ0n) is 13.5. The maximum absolute atomic E-state index is 11.9. The van der Waals surface area contributed by atoms with Gasteiger partial charge < -0.3 is 15.4 Å².